The summed E-state index contributed by atoms with van der Waals surface area (Å²) in [7, 11) is 0. The molecule has 0 amide bonds. The van der Waals surface area contributed by atoms with Crippen molar-refractivity contribution in [2.24, 2.45) is 0 Å². The predicted molar refractivity (Wildman–Crippen MR) is 89.6 cm³/mol. The molecule has 0 fully saturated rings. The minimum Gasteiger partial charge on any atom is -0.449 e. The minimum absolute atomic E-state index is 0.247. The summed E-state index contributed by atoms with van der Waals surface area (Å²) in [5.74, 6) is 0.163. The molecule has 1 aromatic carbocycles. The maximum absolute atomic E-state index is 12.3. The van der Waals surface area contributed by atoms with Crippen molar-refractivity contribution in [3.63, 3.8) is 0 Å². The summed E-state index contributed by atoms with van der Waals surface area (Å²) in [4.78, 5) is 16.5. The number of hydrogen-bond donors (Lipinski definition) is 0. The average Bonchev–Trinajstić information content (AvgIpc) is 3.12. The molecule has 24 heavy (non-hydrogen) atoms. The second-order valence-corrected chi connectivity index (χ2v) is 5.71. The maximum Gasteiger partial charge on any atom is 0.341 e. The standard InChI is InChI=1S/C17H15N3O3S/c1-11(22-17(21)13-9-6-10-18-16(13)24-2)14-19-20-15(23-14)12-7-4-3-5-8-12/h3-11H,1-2H3. The van der Waals surface area contributed by atoms with E-state index < -0.39 is 12.1 Å². The van der Waals surface area contributed by atoms with Crippen molar-refractivity contribution >= 4 is 17.7 Å². The highest BCUT2D eigenvalue weighted by molar-refractivity contribution is 7.98. The maximum atomic E-state index is 12.3. The molecule has 6 nitrogen and oxygen atoms in total. The van der Waals surface area contributed by atoms with Gasteiger partial charge in [-0.2, -0.15) is 0 Å². The molecular weight excluding hydrogens is 326 g/mol. The van der Waals surface area contributed by atoms with Crippen molar-refractivity contribution in [1.29, 1.82) is 0 Å². The van der Waals surface area contributed by atoms with Crippen LogP contribution in [0.3, 0.4) is 0 Å². The molecule has 0 N–H and O–H groups in total. The third-order valence-corrected chi connectivity index (χ3v) is 3.99. The average molecular weight is 341 g/mol. The van der Waals surface area contributed by atoms with Crippen molar-refractivity contribution in [3.8, 4) is 11.5 Å². The topological polar surface area (TPSA) is 78.1 Å². The zero-order chi connectivity index (χ0) is 16.9. The van der Waals surface area contributed by atoms with Crippen LogP contribution in [0.5, 0.6) is 0 Å². The number of benzene rings is 1. The lowest BCUT2D eigenvalue weighted by atomic mass is 10.2. The molecule has 0 saturated heterocycles. The van der Waals surface area contributed by atoms with Gasteiger partial charge in [0.25, 0.3) is 5.89 Å². The van der Waals surface area contributed by atoms with Gasteiger partial charge in [0.05, 0.1) is 5.56 Å². The van der Waals surface area contributed by atoms with Crippen molar-refractivity contribution in [3.05, 3.63) is 60.1 Å². The van der Waals surface area contributed by atoms with Gasteiger partial charge in [-0.15, -0.1) is 22.0 Å². The van der Waals surface area contributed by atoms with Crippen LogP contribution >= 0.6 is 11.8 Å². The van der Waals surface area contributed by atoms with Crippen LogP contribution in [0.1, 0.15) is 29.3 Å². The monoisotopic (exact) mass is 341 g/mol. The fraction of sp³-hybridized carbons (Fsp3) is 0.176. The molecule has 122 valence electrons. The summed E-state index contributed by atoms with van der Waals surface area (Å²) in [5.41, 5.74) is 1.23. The van der Waals surface area contributed by atoms with Gasteiger partial charge < -0.3 is 9.15 Å². The van der Waals surface area contributed by atoms with E-state index in [1.165, 1.54) is 11.8 Å². The minimum atomic E-state index is -0.655. The first kappa shape index (κ1) is 16.2. The molecule has 3 rings (SSSR count). The molecule has 3 aromatic rings. The van der Waals surface area contributed by atoms with E-state index in [-0.39, 0.29) is 5.89 Å². The Morgan fingerprint density at radius 2 is 1.96 bits per heavy atom. The first-order valence-electron chi connectivity index (χ1n) is 7.28. The van der Waals surface area contributed by atoms with Gasteiger partial charge in [-0.3, -0.25) is 0 Å². The Morgan fingerprint density at radius 3 is 2.71 bits per heavy atom. The van der Waals surface area contributed by atoms with Crippen LogP contribution in [0, 0.1) is 0 Å². The number of aromatic nitrogens is 3. The van der Waals surface area contributed by atoms with Gasteiger partial charge in [-0.1, -0.05) is 18.2 Å². The third kappa shape index (κ3) is 3.46. The Bertz CT molecular complexity index is 836. The normalized spacial score (nSPS) is 11.9. The van der Waals surface area contributed by atoms with Crippen LogP contribution in [-0.2, 0) is 4.74 Å². The van der Waals surface area contributed by atoms with Crippen molar-refractivity contribution in [2.45, 2.75) is 18.1 Å². The molecule has 0 saturated carbocycles. The van der Waals surface area contributed by atoms with E-state index in [1.54, 1.807) is 25.3 Å². The van der Waals surface area contributed by atoms with Gasteiger partial charge >= 0.3 is 5.97 Å². The molecular formula is C17H15N3O3S. The molecule has 2 heterocycles. The highest BCUT2D eigenvalue weighted by Gasteiger charge is 2.21. The van der Waals surface area contributed by atoms with E-state index in [2.05, 4.69) is 15.2 Å². The number of carbonyl (C=O) groups excluding carboxylic acids is 1. The summed E-state index contributed by atoms with van der Waals surface area (Å²) in [6, 6.07) is 12.8. The third-order valence-electron chi connectivity index (χ3n) is 3.28. The first-order valence-corrected chi connectivity index (χ1v) is 8.50. The number of nitrogens with zero attached hydrogens (tertiary/aromatic N) is 3. The Kier molecular flexibility index (Phi) is 4.90. The van der Waals surface area contributed by atoms with Crippen LogP contribution < -0.4 is 0 Å². The SMILES string of the molecule is CSc1ncccc1C(=O)OC(C)c1nnc(-c2ccccc2)o1. The number of rotatable bonds is 5. The Hall–Kier alpha value is -2.67. The van der Waals surface area contributed by atoms with E-state index in [9.17, 15) is 4.79 Å². The van der Waals surface area contributed by atoms with E-state index >= 15 is 0 Å². The number of thioether (sulfide) groups is 1. The fourth-order valence-electron chi connectivity index (χ4n) is 2.08. The van der Waals surface area contributed by atoms with E-state index in [0.29, 0.717) is 16.5 Å². The second-order valence-electron chi connectivity index (χ2n) is 4.92. The summed E-state index contributed by atoms with van der Waals surface area (Å²) >= 11 is 1.38. The van der Waals surface area contributed by atoms with Crippen LogP contribution in [-0.4, -0.2) is 27.4 Å². The molecule has 0 aliphatic carbocycles. The molecule has 1 atom stereocenters. The molecule has 0 bridgehead atoms. The zero-order valence-electron chi connectivity index (χ0n) is 13.2. The zero-order valence-corrected chi connectivity index (χ0v) is 14.0. The summed E-state index contributed by atoms with van der Waals surface area (Å²) in [6.45, 7) is 1.69. The largest absolute Gasteiger partial charge is 0.449 e. The Morgan fingerprint density at radius 1 is 1.17 bits per heavy atom. The van der Waals surface area contributed by atoms with Gasteiger partial charge in [-0.05, 0) is 37.4 Å². The number of carbonyl (C=O) groups is 1. The van der Waals surface area contributed by atoms with Crippen molar-refractivity contribution in [1.82, 2.24) is 15.2 Å². The lowest BCUT2D eigenvalue weighted by Gasteiger charge is -2.10. The van der Waals surface area contributed by atoms with Crippen LogP contribution in [0.25, 0.3) is 11.5 Å². The smallest absolute Gasteiger partial charge is 0.341 e. The fourth-order valence-corrected chi connectivity index (χ4v) is 2.62. The molecule has 0 aliphatic rings. The number of hydrogen-bond acceptors (Lipinski definition) is 7. The van der Waals surface area contributed by atoms with Gasteiger partial charge in [-0.25, -0.2) is 9.78 Å². The second kappa shape index (κ2) is 7.27. The first-order chi connectivity index (χ1) is 11.7. The molecule has 2 aromatic heterocycles. The Labute approximate surface area is 143 Å². The van der Waals surface area contributed by atoms with Crippen molar-refractivity contribution in [2.75, 3.05) is 6.26 Å². The van der Waals surface area contributed by atoms with E-state index in [1.807, 2.05) is 36.6 Å². The molecule has 0 aliphatic heterocycles. The molecule has 0 spiro atoms. The number of esters is 1. The van der Waals surface area contributed by atoms with Gasteiger partial charge in [0.15, 0.2) is 6.10 Å². The van der Waals surface area contributed by atoms with Gasteiger partial charge in [0.2, 0.25) is 5.89 Å². The quantitative estimate of drug-likeness (QED) is 0.516. The van der Waals surface area contributed by atoms with Crippen LogP contribution in [0.15, 0.2) is 58.1 Å². The number of ether oxygens (including phenoxy) is 1. The molecule has 0 radical (unpaired) electrons. The van der Waals surface area contributed by atoms with Crippen LogP contribution in [0.2, 0.25) is 0 Å². The highest BCUT2D eigenvalue weighted by atomic mass is 32.2. The van der Waals surface area contributed by atoms with Crippen LogP contribution in [0.4, 0.5) is 0 Å². The van der Waals surface area contributed by atoms with E-state index in [0.717, 1.165) is 5.56 Å². The van der Waals surface area contributed by atoms with E-state index in [4.69, 9.17) is 9.15 Å². The summed E-state index contributed by atoms with van der Waals surface area (Å²) < 4.78 is 11.0. The summed E-state index contributed by atoms with van der Waals surface area (Å²) in [6.07, 6.45) is 2.83. The number of pyridine rings is 1. The van der Waals surface area contributed by atoms with Crippen molar-refractivity contribution < 1.29 is 13.9 Å². The molecule has 7 heteroatoms. The van der Waals surface area contributed by atoms with Gasteiger partial charge in [0, 0.05) is 11.8 Å². The lowest BCUT2D eigenvalue weighted by Crippen LogP contribution is -2.11. The highest BCUT2D eigenvalue weighted by Crippen LogP contribution is 2.24. The summed E-state index contributed by atoms with van der Waals surface area (Å²) in [5, 5.41) is 8.58. The predicted octanol–water partition coefficient (Wildman–Crippen LogP) is 3.77. The lowest BCUT2D eigenvalue weighted by molar-refractivity contribution is 0.0275. The molecule has 1 unspecified atom stereocenters. The van der Waals surface area contributed by atoms with Gasteiger partial charge in [0.1, 0.15) is 5.03 Å². The Balaban J connectivity index is 1.74.